The van der Waals surface area contributed by atoms with Crippen LogP contribution in [0, 0.1) is 6.92 Å². The lowest BCUT2D eigenvalue weighted by Gasteiger charge is -2.26. The van der Waals surface area contributed by atoms with E-state index >= 15 is 0 Å². The fraction of sp³-hybridized carbons (Fsp3) is 0.229. The summed E-state index contributed by atoms with van der Waals surface area (Å²) in [5.74, 6) is 0.0357. The van der Waals surface area contributed by atoms with Crippen molar-refractivity contribution >= 4 is 66.1 Å². The number of rotatable bonds is 7. The van der Waals surface area contributed by atoms with E-state index in [1.807, 2.05) is 48.5 Å². The summed E-state index contributed by atoms with van der Waals surface area (Å²) in [7, 11) is 1.58. The zero-order valence-electron chi connectivity index (χ0n) is 25.4. The van der Waals surface area contributed by atoms with E-state index in [-0.39, 0.29) is 11.7 Å². The number of nitrogens with zero attached hydrogens (tertiary/aromatic N) is 3. The van der Waals surface area contributed by atoms with Gasteiger partial charge in [0, 0.05) is 43.2 Å². The summed E-state index contributed by atoms with van der Waals surface area (Å²) in [6, 6.07) is 21.3. The topological polar surface area (TPSA) is 74.8 Å². The predicted molar refractivity (Wildman–Crippen MR) is 186 cm³/mol. The molecule has 0 unspecified atom stereocenters. The Balaban J connectivity index is 1.57. The summed E-state index contributed by atoms with van der Waals surface area (Å²) in [5, 5.41) is 1.06. The molecule has 0 spiro atoms. The van der Waals surface area contributed by atoms with Crippen molar-refractivity contribution in [3.05, 3.63) is 129 Å². The molecule has 0 fully saturated rings. The minimum absolute atomic E-state index is 0.239. The fourth-order valence-corrected chi connectivity index (χ4v) is 7.49. The van der Waals surface area contributed by atoms with Gasteiger partial charge in [0.1, 0.15) is 11.8 Å². The molecule has 0 amide bonds. The molecule has 10 heteroatoms. The lowest BCUT2D eigenvalue weighted by Crippen LogP contribution is -2.40. The molecule has 1 aliphatic rings. The highest BCUT2D eigenvalue weighted by molar-refractivity contribution is 9.10. The van der Waals surface area contributed by atoms with E-state index in [1.54, 1.807) is 32.4 Å². The van der Waals surface area contributed by atoms with Crippen molar-refractivity contribution in [3.8, 4) is 5.75 Å². The number of allylic oxidation sites excluding steroid dienone is 1. The number of carbonyl (C=O) groups is 1. The second-order valence-electron chi connectivity index (χ2n) is 11.2. The largest absolute Gasteiger partial charge is 0.496 e. The predicted octanol–water partition coefficient (Wildman–Crippen LogP) is 7.03. The molecule has 0 bridgehead atoms. The van der Waals surface area contributed by atoms with Gasteiger partial charge in [0.05, 0.1) is 29.0 Å². The smallest absolute Gasteiger partial charge is 0.338 e. The minimum atomic E-state index is -0.790. The normalized spacial score (nSPS) is 15.0. The molecule has 0 aliphatic carbocycles. The maximum atomic E-state index is 14.4. The van der Waals surface area contributed by atoms with Gasteiger partial charge in [-0.15, -0.1) is 0 Å². The van der Waals surface area contributed by atoms with Gasteiger partial charge in [-0.25, -0.2) is 9.79 Å². The zero-order chi connectivity index (χ0) is 32.0. The van der Waals surface area contributed by atoms with Gasteiger partial charge >= 0.3 is 5.97 Å². The first-order valence-corrected chi connectivity index (χ1v) is 16.9. The van der Waals surface area contributed by atoms with Gasteiger partial charge < -0.3 is 14.0 Å². The number of para-hydroxylation sites is 1. The average Bonchev–Trinajstić information content (AvgIpc) is 3.45. The third kappa shape index (κ3) is 5.87. The molecule has 1 atom stereocenters. The summed E-state index contributed by atoms with van der Waals surface area (Å²) in [6.07, 6.45) is 1.62. The van der Waals surface area contributed by atoms with Gasteiger partial charge in [-0.1, -0.05) is 73.5 Å². The molecular weight excluding hydrogens is 718 g/mol. The van der Waals surface area contributed by atoms with Crippen molar-refractivity contribution in [3.63, 3.8) is 0 Å². The molecular formula is C35H31Br2N3O4S. The number of benzene rings is 3. The van der Waals surface area contributed by atoms with Gasteiger partial charge in [0.2, 0.25) is 0 Å². The third-order valence-corrected chi connectivity index (χ3v) is 9.88. The minimum Gasteiger partial charge on any atom is -0.496 e. The number of hydrogen-bond acceptors (Lipinski definition) is 6. The van der Waals surface area contributed by atoms with Gasteiger partial charge in [-0.05, 0) is 75.7 Å². The first kappa shape index (κ1) is 31.3. The number of methoxy groups -OCH3 is 1. The van der Waals surface area contributed by atoms with Crippen molar-refractivity contribution < 1.29 is 14.3 Å². The van der Waals surface area contributed by atoms with Gasteiger partial charge in [0.25, 0.3) is 5.56 Å². The number of fused-ring (bicyclic) bond motifs is 2. The van der Waals surface area contributed by atoms with Crippen LogP contribution >= 0.6 is 43.2 Å². The first-order valence-electron chi connectivity index (χ1n) is 14.5. The van der Waals surface area contributed by atoms with Crippen LogP contribution in [0.4, 0.5) is 0 Å². The van der Waals surface area contributed by atoms with Crippen LogP contribution in [0.3, 0.4) is 0 Å². The molecule has 230 valence electrons. The summed E-state index contributed by atoms with van der Waals surface area (Å²) >= 11 is 8.40. The number of halogens is 2. The maximum Gasteiger partial charge on any atom is 0.338 e. The van der Waals surface area contributed by atoms with Crippen LogP contribution < -0.4 is 19.6 Å². The summed E-state index contributed by atoms with van der Waals surface area (Å²) in [4.78, 5) is 33.2. The Morgan fingerprint density at radius 3 is 2.47 bits per heavy atom. The maximum absolute atomic E-state index is 14.4. The standard InChI is InChI=1S/C35H31Br2N3O4S/c1-19(2)44-34(42)31-20(3)38-35-40(32(31)27-16-24(37)14-15-29(27)43-5)33(41)30(45-35)17-26-21(4)39(28-9-7-6-8-25(26)28)18-22-10-12-23(36)13-11-22/h6-17,19,32H,18H2,1-5H3/b30-17-/t32-/m0/s1. The molecule has 0 N–H and O–H groups in total. The number of hydrogen-bond donors (Lipinski definition) is 0. The zero-order valence-corrected chi connectivity index (χ0v) is 29.4. The van der Waals surface area contributed by atoms with E-state index in [0.29, 0.717) is 38.5 Å². The molecule has 0 saturated carbocycles. The Morgan fingerprint density at radius 1 is 1.04 bits per heavy atom. The van der Waals surface area contributed by atoms with Crippen molar-refractivity contribution in [2.24, 2.45) is 4.99 Å². The van der Waals surface area contributed by atoms with Gasteiger partial charge in [-0.3, -0.25) is 9.36 Å². The van der Waals surface area contributed by atoms with Crippen LogP contribution in [0.5, 0.6) is 5.75 Å². The van der Waals surface area contributed by atoms with Crippen molar-refractivity contribution in [1.29, 1.82) is 0 Å². The second kappa shape index (κ2) is 12.6. The Kier molecular flexibility index (Phi) is 8.74. The van der Waals surface area contributed by atoms with E-state index in [4.69, 9.17) is 14.5 Å². The molecule has 0 radical (unpaired) electrons. The van der Waals surface area contributed by atoms with E-state index in [2.05, 4.69) is 67.6 Å². The number of carbonyl (C=O) groups excluding carboxylic acids is 1. The van der Waals surface area contributed by atoms with Crippen molar-refractivity contribution in [1.82, 2.24) is 9.13 Å². The Hall–Kier alpha value is -3.73. The molecule has 3 aromatic carbocycles. The third-order valence-electron chi connectivity index (χ3n) is 7.88. The monoisotopic (exact) mass is 747 g/mol. The molecule has 7 nitrogen and oxygen atoms in total. The second-order valence-corrected chi connectivity index (χ2v) is 14.0. The Bertz CT molecular complexity index is 2180. The van der Waals surface area contributed by atoms with Crippen LogP contribution in [0.15, 0.2) is 96.7 Å². The van der Waals surface area contributed by atoms with Crippen molar-refractivity contribution in [2.45, 2.75) is 46.4 Å². The number of aromatic nitrogens is 2. The molecule has 2 aromatic heterocycles. The average molecular weight is 750 g/mol. The number of thiazole rings is 1. The highest BCUT2D eigenvalue weighted by Gasteiger charge is 2.35. The summed E-state index contributed by atoms with van der Waals surface area (Å²) in [6.45, 7) is 8.16. The molecule has 5 aromatic rings. The Morgan fingerprint density at radius 2 is 1.76 bits per heavy atom. The summed E-state index contributed by atoms with van der Waals surface area (Å²) in [5.41, 5.74) is 5.51. The number of esters is 1. The quantitative estimate of drug-likeness (QED) is 0.168. The van der Waals surface area contributed by atoms with E-state index in [0.717, 1.165) is 31.1 Å². The summed E-state index contributed by atoms with van der Waals surface area (Å²) < 4.78 is 17.6. The van der Waals surface area contributed by atoms with Gasteiger partial charge in [0.15, 0.2) is 4.80 Å². The molecule has 6 rings (SSSR count). The van der Waals surface area contributed by atoms with E-state index < -0.39 is 12.0 Å². The van der Waals surface area contributed by atoms with Crippen LogP contribution in [0.2, 0.25) is 0 Å². The molecule has 3 heterocycles. The van der Waals surface area contributed by atoms with Crippen LogP contribution in [0.1, 0.15) is 49.2 Å². The highest BCUT2D eigenvalue weighted by Crippen LogP contribution is 2.37. The van der Waals surface area contributed by atoms with Crippen LogP contribution in [-0.2, 0) is 16.1 Å². The SMILES string of the molecule is COc1ccc(Br)cc1[C@H]1C(C(=O)OC(C)C)=C(C)N=c2s/c(=C\c3c(C)n(Cc4ccc(Br)cc4)c4ccccc34)c(=O)n21. The van der Waals surface area contributed by atoms with Gasteiger partial charge in [-0.2, -0.15) is 0 Å². The lowest BCUT2D eigenvalue weighted by molar-refractivity contribution is -0.143. The van der Waals surface area contributed by atoms with Crippen LogP contribution in [0.25, 0.3) is 17.0 Å². The molecule has 45 heavy (non-hydrogen) atoms. The Labute approximate surface area is 281 Å². The van der Waals surface area contributed by atoms with Crippen molar-refractivity contribution in [2.75, 3.05) is 7.11 Å². The molecule has 1 aliphatic heterocycles. The number of ether oxygens (including phenoxy) is 2. The first-order chi connectivity index (χ1) is 21.6. The van der Waals surface area contributed by atoms with E-state index in [9.17, 15) is 9.59 Å². The molecule has 0 saturated heterocycles. The fourth-order valence-electron chi connectivity index (χ4n) is 5.82. The van der Waals surface area contributed by atoms with E-state index in [1.165, 1.54) is 16.9 Å². The van der Waals surface area contributed by atoms with Crippen LogP contribution in [-0.4, -0.2) is 28.3 Å². The lowest BCUT2D eigenvalue weighted by atomic mass is 9.95. The highest BCUT2D eigenvalue weighted by atomic mass is 79.9.